The molecule has 4 aromatic rings. The lowest BCUT2D eigenvalue weighted by molar-refractivity contribution is 0.391. The van der Waals surface area contributed by atoms with Crippen LogP contribution in [0.5, 0.6) is 0 Å². The van der Waals surface area contributed by atoms with Crippen LogP contribution in [0.2, 0.25) is 5.02 Å². The lowest BCUT2D eigenvalue weighted by Gasteiger charge is -2.00. The fourth-order valence-electron chi connectivity index (χ4n) is 2.25. The fraction of sp³-hybridized carbons (Fsp3) is 0.125. The van der Waals surface area contributed by atoms with E-state index in [1.54, 1.807) is 17.4 Å². The maximum absolute atomic E-state index is 6.17. The summed E-state index contributed by atoms with van der Waals surface area (Å²) in [5.74, 6) is 2.35. The Kier molecular flexibility index (Phi) is 4.56. The molecule has 126 valence electrons. The lowest BCUT2D eigenvalue weighted by atomic mass is 10.2. The summed E-state index contributed by atoms with van der Waals surface area (Å²) in [6.45, 7) is 0. The monoisotopic (exact) mass is 389 g/mol. The van der Waals surface area contributed by atoms with Crippen LogP contribution < -0.4 is 0 Å². The number of benzene rings is 1. The van der Waals surface area contributed by atoms with E-state index in [4.69, 9.17) is 16.1 Å². The van der Waals surface area contributed by atoms with E-state index >= 15 is 0 Å². The van der Waals surface area contributed by atoms with Gasteiger partial charge >= 0.3 is 0 Å². The highest BCUT2D eigenvalue weighted by Gasteiger charge is 2.15. The summed E-state index contributed by atoms with van der Waals surface area (Å²) in [7, 11) is 1.94. The van der Waals surface area contributed by atoms with Crippen LogP contribution in [0.3, 0.4) is 0 Å². The minimum atomic E-state index is 0.485. The second kappa shape index (κ2) is 6.99. The highest BCUT2D eigenvalue weighted by molar-refractivity contribution is 7.98. The number of hydrogen-bond acceptors (Lipinski definition) is 7. The van der Waals surface area contributed by atoms with E-state index in [0.717, 1.165) is 21.4 Å². The predicted octanol–water partition coefficient (Wildman–Crippen LogP) is 4.54. The average molecular weight is 390 g/mol. The summed E-state index contributed by atoms with van der Waals surface area (Å²) in [5.41, 5.74) is 0.753. The van der Waals surface area contributed by atoms with Gasteiger partial charge in [0.15, 0.2) is 11.0 Å². The van der Waals surface area contributed by atoms with Gasteiger partial charge < -0.3 is 9.09 Å². The minimum Gasteiger partial charge on any atom is -0.338 e. The predicted molar refractivity (Wildman–Crippen MR) is 98.6 cm³/mol. The minimum absolute atomic E-state index is 0.485. The van der Waals surface area contributed by atoms with Crippen molar-refractivity contribution in [3.05, 3.63) is 52.7 Å². The molecule has 0 N–H and O–H groups in total. The van der Waals surface area contributed by atoms with Crippen molar-refractivity contribution in [3.63, 3.8) is 0 Å². The van der Waals surface area contributed by atoms with Crippen LogP contribution in [0, 0.1) is 0 Å². The van der Waals surface area contributed by atoms with Gasteiger partial charge in [-0.3, -0.25) is 0 Å². The molecule has 0 aliphatic rings. The third-order valence-corrected chi connectivity index (χ3v) is 5.68. The molecule has 9 heteroatoms. The summed E-state index contributed by atoms with van der Waals surface area (Å²) in [4.78, 5) is 5.49. The van der Waals surface area contributed by atoms with Crippen molar-refractivity contribution < 1.29 is 4.52 Å². The van der Waals surface area contributed by atoms with Crippen LogP contribution in [-0.4, -0.2) is 24.9 Å². The van der Waals surface area contributed by atoms with E-state index in [1.807, 2.05) is 47.3 Å². The molecule has 0 aliphatic heterocycles. The van der Waals surface area contributed by atoms with E-state index in [9.17, 15) is 0 Å². The first kappa shape index (κ1) is 16.3. The normalized spacial score (nSPS) is 11.1. The van der Waals surface area contributed by atoms with Gasteiger partial charge in [0.05, 0.1) is 15.7 Å². The molecule has 0 bridgehead atoms. The molecule has 3 heterocycles. The van der Waals surface area contributed by atoms with Crippen LogP contribution in [0.4, 0.5) is 0 Å². The quantitative estimate of drug-likeness (QED) is 0.467. The first-order chi connectivity index (χ1) is 12.2. The molecular weight excluding hydrogens is 378 g/mol. The topological polar surface area (TPSA) is 69.6 Å². The van der Waals surface area contributed by atoms with Gasteiger partial charge in [-0.1, -0.05) is 46.7 Å². The van der Waals surface area contributed by atoms with Crippen molar-refractivity contribution in [1.29, 1.82) is 0 Å². The molecule has 0 fully saturated rings. The molecule has 0 saturated carbocycles. The molecular formula is C16H12ClN5OS2. The summed E-state index contributed by atoms with van der Waals surface area (Å²) >= 11 is 9.30. The van der Waals surface area contributed by atoms with Gasteiger partial charge in [0.2, 0.25) is 11.7 Å². The highest BCUT2D eigenvalue weighted by atomic mass is 35.5. The number of thiophene rings is 1. The molecule has 6 nitrogen and oxygen atoms in total. The molecule has 0 spiro atoms. The summed E-state index contributed by atoms with van der Waals surface area (Å²) in [6.07, 6.45) is 0. The summed E-state index contributed by atoms with van der Waals surface area (Å²) < 4.78 is 7.28. The van der Waals surface area contributed by atoms with Crippen LogP contribution >= 0.6 is 34.7 Å². The zero-order valence-electron chi connectivity index (χ0n) is 13.1. The SMILES string of the molecule is Cn1c(SCc2nc(-c3ccccc3Cl)no2)nnc1-c1cccs1. The molecule has 0 aliphatic carbocycles. The van der Waals surface area contributed by atoms with Crippen LogP contribution in [-0.2, 0) is 12.8 Å². The summed E-state index contributed by atoms with van der Waals surface area (Å²) in [6, 6.07) is 11.4. The number of halogens is 1. The van der Waals surface area contributed by atoms with Crippen molar-refractivity contribution in [3.8, 4) is 22.1 Å². The first-order valence-corrected chi connectivity index (χ1v) is 9.60. The number of rotatable bonds is 5. The third-order valence-electron chi connectivity index (χ3n) is 3.48. The second-order valence-corrected chi connectivity index (χ2v) is 7.42. The number of hydrogen-bond donors (Lipinski definition) is 0. The lowest BCUT2D eigenvalue weighted by Crippen LogP contribution is -1.94. The van der Waals surface area contributed by atoms with E-state index < -0.39 is 0 Å². The highest BCUT2D eigenvalue weighted by Crippen LogP contribution is 2.29. The zero-order chi connectivity index (χ0) is 17.2. The van der Waals surface area contributed by atoms with Gasteiger partial charge in [-0.25, -0.2) is 0 Å². The van der Waals surface area contributed by atoms with Crippen molar-refractivity contribution in [2.24, 2.45) is 7.05 Å². The van der Waals surface area contributed by atoms with E-state index in [-0.39, 0.29) is 0 Å². The van der Waals surface area contributed by atoms with Crippen molar-refractivity contribution in [1.82, 2.24) is 24.9 Å². The Bertz CT molecular complexity index is 996. The average Bonchev–Trinajstić information content (AvgIpc) is 3.34. The maximum Gasteiger partial charge on any atom is 0.237 e. The Hall–Kier alpha value is -2.16. The van der Waals surface area contributed by atoms with E-state index in [1.165, 1.54) is 11.8 Å². The fourth-order valence-corrected chi connectivity index (χ4v) is 3.97. The number of aromatic nitrogens is 5. The Balaban J connectivity index is 1.49. The summed E-state index contributed by atoms with van der Waals surface area (Å²) in [5, 5.41) is 15.9. The molecule has 0 atom stereocenters. The van der Waals surface area contributed by atoms with Crippen molar-refractivity contribution in [2.75, 3.05) is 0 Å². The molecule has 0 unspecified atom stereocenters. The van der Waals surface area contributed by atoms with E-state index in [0.29, 0.717) is 22.5 Å². The molecule has 0 radical (unpaired) electrons. The standard InChI is InChI=1S/C16H12ClN5OS2/c1-22-15(12-7-4-8-24-12)19-20-16(22)25-9-13-18-14(21-23-13)10-5-2-3-6-11(10)17/h2-8H,9H2,1H3. The molecule has 25 heavy (non-hydrogen) atoms. The van der Waals surface area contributed by atoms with Gasteiger partial charge in [-0.15, -0.1) is 21.5 Å². The molecule has 0 amide bonds. The number of nitrogens with zero attached hydrogens (tertiary/aromatic N) is 5. The van der Waals surface area contributed by atoms with Gasteiger partial charge in [0.1, 0.15) is 0 Å². The Morgan fingerprint density at radius 3 is 2.88 bits per heavy atom. The van der Waals surface area contributed by atoms with Gasteiger partial charge in [-0.2, -0.15) is 4.98 Å². The number of thioether (sulfide) groups is 1. The molecule has 0 saturated heterocycles. The molecule has 1 aromatic carbocycles. The van der Waals surface area contributed by atoms with Crippen LogP contribution in [0.25, 0.3) is 22.1 Å². The third kappa shape index (κ3) is 3.33. The van der Waals surface area contributed by atoms with Gasteiger partial charge in [0.25, 0.3) is 0 Å². The molecule has 4 rings (SSSR count). The first-order valence-electron chi connectivity index (χ1n) is 7.36. The van der Waals surface area contributed by atoms with E-state index in [2.05, 4.69) is 20.3 Å². The Labute approximate surface area is 156 Å². The van der Waals surface area contributed by atoms with Gasteiger partial charge in [0, 0.05) is 12.6 Å². The maximum atomic E-state index is 6.17. The Morgan fingerprint density at radius 2 is 2.08 bits per heavy atom. The smallest absolute Gasteiger partial charge is 0.237 e. The van der Waals surface area contributed by atoms with Crippen molar-refractivity contribution >= 4 is 34.7 Å². The van der Waals surface area contributed by atoms with Crippen LogP contribution in [0.15, 0.2) is 51.5 Å². The largest absolute Gasteiger partial charge is 0.338 e. The second-order valence-electron chi connectivity index (χ2n) is 5.12. The van der Waals surface area contributed by atoms with Gasteiger partial charge in [-0.05, 0) is 23.6 Å². The van der Waals surface area contributed by atoms with Crippen LogP contribution in [0.1, 0.15) is 5.89 Å². The zero-order valence-corrected chi connectivity index (χ0v) is 15.5. The molecule has 3 aromatic heterocycles. The van der Waals surface area contributed by atoms with Crippen molar-refractivity contribution in [2.45, 2.75) is 10.9 Å². The Morgan fingerprint density at radius 1 is 1.20 bits per heavy atom.